The molecular formula is C23H24F2N6O2. The van der Waals surface area contributed by atoms with Crippen LogP contribution in [-0.4, -0.2) is 64.9 Å². The van der Waals surface area contributed by atoms with Gasteiger partial charge in [0.2, 0.25) is 0 Å². The van der Waals surface area contributed by atoms with E-state index in [1.165, 1.54) is 6.07 Å². The van der Waals surface area contributed by atoms with E-state index < -0.39 is 17.4 Å². The number of carbonyl (C=O) groups excluding carboxylic acids is 1. The molecule has 1 atom stereocenters. The van der Waals surface area contributed by atoms with E-state index in [0.717, 1.165) is 37.4 Å². The van der Waals surface area contributed by atoms with E-state index in [-0.39, 0.29) is 17.9 Å². The number of hydrogen-bond donors (Lipinski definition) is 2. The monoisotopic (exact) mass is 454 g/mol. The Bertz CT molecular complexity index is 1250. The lowest BCUT2D eigenvalue weighted by Crippen LogP contribution is -2.46. The lowest BCUT2D eigenvalue weighted by Gasteiger charge is -2.36. The van der Waals surface area contributed by atoms with Crippen molar-refractivity contribution in [1.82, 2.24) is 25.2 Å². The molecule has 0 radical (unpaired) electrons. The Kier molecular flexibility index (Phi) is 5.32. The van der Waals surface area contributed by atoms with E-state index in [1.807, 2.05) is 12.1 Å². The summed E-state index contributed by atoms with van der Waals surface area (Å²) in [5.41, 5.74) is 3.05. The van der Waals surface area contributed by atoms with Crippen molar-refractivity contribution in [1.29, 1.82) is 0 Å². The van der Waals surface area contributed by atoms with Crippen molar-refractivity contribution >= 4 is 22.6 Å². The first-order valence-corrected chi connectivity index (χ1v) is 10.9. The minimum absolute atomic E-state index is 0.113. The van der Waals surface area contributed by atoms with Gasteiger partial charge in [0.05, 0.1) is 28.8 Å². The first kappa shape index (κ1) is 21.4. The van der Waals surface area contributed by atoms with E-state index in [0.29, 0.717) is 23.3 Å². The van der Waals surface area contributed by atoms with Crippen molar-refractivity contribution in [2.24, 2.45) is 0 Å². The molecule has 0 unspecified atom stereocenters. The number of H-pyrrole nitrogens is 1. The molecule has 5 rings (SSSR count). The number of anilines is 1. The van der Waals surface area contributed by atoms with Crippen LogP contribution in [0.3, 0.4) is 0 Å². The van der Waals surface area contributed by atoms with Gasteiger partial charge in [-0.15, -0.1) is 0 Å². The Labute approximate surface area is 188 Å². The molecule has 1 aliphatic carbocycles. The molecule has 0 bridgehead atoms. The van der Waals surface area contributed by atoms with Crippen LogP contribution in [-0.2, 0) is 6.54 Å². The third-order valence-corrected chi connectivity index (χ3v) is 6.33. The number of carbonyl (C=O) groups is 1. The van der Waals surface area contributed by atoms with Gasteiger partial charge >= 0.3 is 0 Å². The van der Waals surface area contributed by atoms with E-state index in [4.69, 9.17) is 0 Å². The van der Waals surface area contributed by atoms with Gasteiger partial charge in [0, 0.05) is 58.0 Å². The molecule has 3 aromatic heterocycles. The number of nitrogens with one attached hydrogen (secondary N) is 2. The SMILES string of the molecule is CNC(=O)c1ccc(N2CCN(Cc3cnc4cc([C@@H]5CC5(F)F)c(=O)[nH]c4c3)CC2)cn1. The second-order valence-electron chi connectivity index (χ2n) is 8.59. The second kappa shape index (κ2) is 8.18. The minimum Gasteiger partial charge on any atom is -0.368 e. The maximum atomic E-state index is 13.4. The molecule has 10 heteroatoms. The van der Waals surface area contributed by atoms with Crippen molar-refractivity contribution in [3.63, 3.8) is 0 Å². The lowest BCUT2D eigenvalue weighted by atomic mass is 10.1. The summed E-state index contributed by atoms with van der Waals surface area (Å²) in [4.78, 5) is 39.8. The van der Waals surface area contributed by atoms with Crippen LogP contribution in [0.15, 0.2) is 41.5 Å². The number of aromatic amines is 1. The summed E-state index contributed by atoms with van der Waals surface area (Å²) >= 11 is 0. The van der Waals surface area contributed by atoms with Gasteiger partial charge in [-0.1, -0.05) is 0 Å². The van der Waals surface area contributed by atoms with Crippen molar-refractivity contribution in [2.75, 3.05) is 38.1 Å². The highest BCUT2D eigenvalue weighted by atomic mass is 19.3. The molecule has 3 aromatic rings. The molecule has 2 N–H and O–H groups in total. The average Bonchev–Trinajstić information content (AvgIpc) is 3.46. The van der Waals surface area contributed by atoms with Crippen LogP contribution in [0.2, 0.25) is 0 Å². The van der Waals surface area contributed by atoms with Gasteiger partial charge in [0.15, 0.2) is 0 Å². The Morgan fingerprint density at radius 3 is 2.58 bits per heavy atom. The quantitative estimate of drug-likeness (QED) is 0.614. The van der Waals surface area contributed by atoms with Crippen LogP contribution in [0.4, 0.5) is 14.5 Å². The van der Waals surface area contributed by atoms with Crippen LogP contribution in [0.5, 0.6) is 0 Å². The summed E-state index contributed by atoms with van der Waals surface area (Å²) in [6.07, 6.45) is 3.18. The molecule has 1 amide bonds. The number of fused-ring (bicyclic) bond motifs is 1. The van der Waals surface area contributed by atoms with Gasteiger partial charge in [0.1, 0.15) is 5.69 Å². The van der Waals surface area contributed by atoms with E-state index >= 15 is 0 Å². The maximum Gasteiger partial charge on any atom is 0.269 e. The summed E-state index contributed by atoms with van der Waals surface area (Å²) in [5, 5.41) is 2.56. The highest BCUT2D eigenvalue weighted by Gasteiger charge is 2.58. The van der Waals surface area contributed by atoms with Gasteiger partial charge < -0.3 is 15.2 Å². The van der Waals surface area contributed by atoms with Crippen molar-refractivity contribution < 1.29 is 13.6 Å². The van der Waals surface area contributed by atoms with Gasteiger partial charge in [-0.3, -0.25) is 19.5 Å². The zero-order valence-corrected chi connectivity index (χ0v) is 18.1. The number of amides is 1. The molecule has 4 heterocycles. The van der Waals surface area contributed by atoms with E-state index in [1.54, 1.807) is 25.5 Å². The number of piperazine rings is 1. The second-order valence-corrected chi connectivity index (χ2v) is 8.59. The zero-order valence-electron chi connectivity index (χ0n) is 18.1. The Hall–Kier alpha value is -3.40. The minimum atomic E-state index is -2.79. The topological polar surface area (TPSA) is 94.2 Å². The Morgan fingerprint density at radius 2 is 1.94 bits per heavy atom. The molecule has 2 fully saturated rings. The van der Waals surface area contributed by atoms with Crippen LogP contribution < -0.4 is 15.8 Å². The number of nitrogens with zero attached hydrogens (tertiary/aromatic N) is 4. The highest BCUT2D eigenvalue weighted by molar-refractivity contribution is 5.92. The standard InChI is InChI=1S/C23H24F2N6O2/c1-26-22(33)18-3-2-15(12-28-18)31-6-4-30(5-7-31)13-14-8-20-19(27-11-14)9-16(21(32)29-20)17-10-23(17,24)25/h2-3,8-9,11-12,17H,4-7,10,13H2,1H3,(H,26,33)(H,29,32)/t17-/m0/s1. The third kappa shape index (κ3) is 4.30. The van der Waals surface area contributed by atoms with Crippen LogP contribution >= 0.6 is 0 Å². The zero-order chi connectivity index (χ0) is 23.2. The number of pyridine rings is 3. The van der Waals surface area contributed by atoms with Gasteiger partial charge in [-0.25, -0.2) is 13.8 Å². The number of aromatic nitrogens is 3. The summed E-state index contributed by atoms with van der Waals surface area (Å²) in [6, 6.07) is 6.98. The predicted molar refractivity (Wildman–Crippen MR) is 120 cm³/mol. The molecule has 2 aliphatic rings. The molecule has 1 saturated carbocycles. The highest BCUT2D eigenvalue weighted by Crippen LogP contribution is 2.54. The van der Waals surface area contributed by atoms with Gasteiger partial charge in [-0.2, -0.15) is 0 Å². The molecule has 0 spiro atoms. The van der Waals surface area contributed by atoms with Crippen LogP contribution in [0, 0.1) is 0 Å². The van der Waals surface area contributed by atoms with Crippen LogP contribution in [0.25, 0.3) is 11.0 Å². The predicted octanol–water partition coefficient (Wildman–Crippen LogP) is 2.12. The summed E-state index contributed by atoms with van der Waals surface area (Å²) < 4.78 is 26.8. The molecule has 33 heavy (non-hydrogen) atoms. The first-order valence-electron chi connectivity index (χ1n) is 10.9. The summed E-state index contributed by atoms with van der Waals surface area (Å²) in [6.45, 7) is 3.98. The Morgan fingerprint density at radius 1 is 1.18 bits per heavy atom. The first-order chi connectivity index (χ1) is 15.8. The van der Waals surface area contributed by atoms with Crippen LogP contribution in [0.1, 0.15) is 34.0 Å². The van der Waals surface area contributed by atoms with E-state index in [2.05, 4.69) is 30.1 Å². The normalized spacial score (nSPS) is 20.1. The van der Waals surface area contributed by atoms with Gasteiger partial charge in [0.25, 0.3) is 17.4 Å². The summed E-state index contributed by atoms with van der Waals surface area (Å²) in [7, 11) is 1.58. The smallest absolute Gasteiger partial charge is 0.269 e. The lowest BCUT2D eigenvalue weighted by molar-refractivity contribution is 0.0958. The van der Waals surface area contributed by atoms with Crippen molar-refractivity contribution in [2.45, 2.75) is 24.8 Å². The molecule has 1 saturated heterocycles. The number of halogens is 2. The molecule has 172 valence electrons. The van der Waals surface area contributed by atoms with Crippen molar-refractivity contribution in [3.05, 3.63) is 63.8 Å². The molecule has 0 aromatic carbocycles. The van der Waals surface area contributed by atoms with Gasteiger partial charge in [-0.05, 0) is 29.8 Å². The summed E-state index contributed by atoms with van der Waals surface area (Å²) in [5.74, 6) is -4.00. The number of rotatable bonds is 5. The average molecular weight is 454 g/mol. The van der Waals surface area contributed by atoms with Crippen molar-refractivity contribution in [3.8, 4) is 0 Å². The fourth-order valence-electron chi connectivity index (χ4n) is 4.29. The largest absolute Gasteiger partial charge is 0.368 e. The molecular weight excluding hydrogens is 430 g/mol. The number of hydrogen-bond acceptors (Lipinski definition) is 6. The fraction of sp³-hybridized carbons (Fsp3) is 0.391. The fourth-order valence-corrected chi connectivity index (χ4v) is 4.29. The number of alkyl halides is 2. The molecule has 8 nitrogen and oxygen atoms in total. The Balaban J connectivity index is 1.22. The third-order valence-electron chi connectivity index (χ3n) is 6.33. The maximum absolute atomic E-state index is 13.4. The molecule has 1 aliphatic heterocycles. The van der Waals surface area contributed by atoms with E-state index in [9.17, 15) is 18.4 Å².